The first-order valence-corrected chi connectivity index (χ1v) is 6.88. The van der Waals surface area contributed by atoms with Gasteiger partial charge in [0.2, 0.25) is 0 Å². The van der Waals surface area contributed by atoms with E-state index in [1.165, 1.54) is 6.42 Å². The van der Waals surface area contributed by atoms with Gasteiger partial charge in [0, 0.05) is 32.5 Å². The van der Waals surface area contributed by atoms with Gasteiger partial charge in [-0.3, -0.25) is 4.98 Å². The molecule has 0 aromatic carbocycles. The van der Waals surface area contributed by atoms with Gasteiger partial charge in [0.05, 0.1) is 6.04 Å². The minimum atomic E-state index is 0.147. The van der Waals surface area contributed by atoms with Crippen LogP contribution in [0.1, 0.15) is 18.0 Å². The Morgan fingerprint density at radius 3 is 2.89 bits per heavy atom. The van der Waals surface area contributed by atoms with E-state index in [4.69, 9.17) is 0 Å². The predicted octanol–water partition coefficient (Wildman–Crippen LogP) is 1.10. The lowest BCUT2D eigenvalue weighted by Gasteiger charge is -2.19. The van der Waals surface area contributed by atoms with Gasteiger partial charge in [-0.25, -0.2) is 4.79 Å². The molecule has 19 heavy (non-hydrogen) atoms. The Bertz CT molecular complexity index is 444. The molecule has 0 saturated carbocycles. The lowest BCUT2D eigenvalue weighted by molar-refractivity contribution is 0.190. The Hall–Kier alpha value is -1.62. The van der Waals surface area contributed by atoms with Gasteiger partial charge in [-0.15, -0.1) is 0 Å². The highest BCUT2D eigenvalue weighted by Gasteiger charge is 2.36. The number of nitrogens with zero attached hydrogens (tertiary/aromatic N) is 3. The van der Waals surface area contributed by atoms with Gasteiger partial charge in [0.1, 0.15) is 0 Å². The average Bonchev–Trinajstić information content (AvgIpc) is 3.04. The number of pyridine rings is 1. The lowest BCUT2D eigenvalue weighted by atomic mass is 10.1. The van der Waals surface area contributed by atoms with Gasteiger partial charge in [-0.05, 0) is 43.1 Å². The van der Waals surface area contributed by atoms with Gasteiger partial charge in [-0.2, -0.15) is 0 Å². The normalized spacial score (nSPS) is 27.3. The molecule has 2 atom stereocenters. The molecule has 0 bridgehead atoms. The van der Waals surface area contributed by atoms with E-state index in [-0.39, 0.29) is 12.1 Å². The van der Waals surface area contributed by atoms with Crippen molar-refractivity contribution in [2.45, 2.75) is 12.5 Å². The van der Waals surface area contributed by atoms with Gasteiger partial charge >= 0.3 is 6.03 Å². The van der Waals surface area contributed by atoms with E-state index < -0.39 is 0 Å². The van der Waals surface area contributed by atoms with Crippen molar-refractivity contribution in [3.8, 4) is 0 Å². The molecule has 2 fully saturated rings. The molecule has 2 amide bonds. The molecule has 3 heterocycles. The minimum absolute atomic E-state index is 0.147. The fourth-order valence-electron chi connectivity index (χ4n) is 3.01. The van der Waals surface area contributed by atoms with Crippen LogP contribution in [-0.4, -0.2) is 54.0 Å². The van der Waals surface area contributed by atoms with E-state index in [9.17, 15) is 4.79 Å². The standard InChI is InChI=1S/C14H20N4O/c1-17-13(12-3-6-15-7-4-12)10-18(14(17)19)9-11-2-5-16-8-11/h3-4,6-7,11,13,16H,2,5,8-10H2,1H3. The van der Waals surface area contributed by atoms with Crippen LogP contribution in [0.15, 0.2) is 24.5 Å². The van der Waals surface area contributed by atoms with Crippen molar-refractivity contribution in [1.29, 1.82) is 0 Å². The molecular weight excluding hydrogens is 240 g/mol. The summed E-state index contributed by atoms with van der Waals surface area (Å²) in [6.45, 7) is 3.78. The summed E-state index contributed by atoms with van der Waals surface area (Å²) in [5, 5.41) is 3.36. The molecule has 1 aromatic rings. The van der Waals surface area contributed by atoms with Gasteiger partial charge in [-0.1, -0.05) is 0 Å². The number of carbonyl (C=O) groups excluding carboxylic acids is 1. The number of aromatic nitrogens is 1. The number of amides is 2. The Kier molecular flexibility index (Phi) is 3.38. The monoisotopic (exact) mass is 260 g/mol. The summed E-state index contributed by atoms with van der Waals surface area (Å²) in [5.74, 6) is 0.605. The van der Waals surface area contributed by atoms with Gasteiger partial charge in [0.25, 0.3) is 0 Å². The third-order valence-electron chi connectivity index (χ3n) is 4.16. The lowest BCUT2D eigenvalue weighted by Crippen LogP contribution is -2.34. The van der Waals surface area contributed by atoms with E-state index in [1.54, 1.807) is 12.4 Å². The fraction of sp³-hybridized carbons (Fsp3) is 0.571. The second-order valence-corrected chi connectivity index (χ2v) is 5.45. The smallest absolute Gasteiger partial charge is 0.320 e. The molecule has 5 heteroatoms. The molecule has 0 radical (unpaired) electrons. The van der Waals surface area contributed by atoms with E-state index in [0.29, 0.717) is 5.92 Å². The predicted molar refractivity (Wildman–Crippen MR) is 72.7 cm³/mol. The first kappa shape index (κ1) is 12.4. The number of likely N-dealkylation sites (N-methyl/N-ethyl adjacent to an activating group) is 1. The van der Waals surface area contributed by atoms with Gasteiger partial charge in [0.15, 0.2) is 0 Å². The Morgan fingerprint density at radius 2 is 2.21 bits per heavy atom. The SMILES string of the molecule is CN1C(=O)N(CC2CCNC2)CC1c1ccncc1. The zero-order valence-corrected chi connectivity index (χ0v) is 11.2. The number of urea groups is 1. The Balaban J connectivity index is 1.70. The molecule has 2 saturated heterocycles. The summed E-state index contributed by atoms with van der Waals surface area (Å²) < 4.78 is 0. The molecule has 0 spiro atoms. The highest BCUT2D eigenvalue weighted by atomic mass is 16.2. The van der Waals surface area contributed by atoms with Gasteiger partial charge < -0.3 is 15.1 Å². The van der Waals surface area contributed by atoms with Crippen molar-refractivity contribution >= 4 is 6.03 Å². The molecule has 102 valence electrons. The molecule has 5 nitrogen and oxygen atoms in total. The van der Waals surface area contributed by atoms with E-state index in [2.05, 4.69) is 10.3 Å². The average molecular weight is 260 g/mol. The molecule has 2 aliphatic rings. The summed E-state index contributed by atoms with van der Waals surface area (Å²) >= 11 is 0. The quantitative estimate of drug-likeness (QED) is 0.885. The number of rotatable bonds is 3. The molecule has 1 aromatic heterocycles. The topological polar surface area (TPSA) is 48.5 Å². The highest BCUT2D eigenvalue weighted by molar-refractivity contribution is 5.77. The summed E-state index contributed by atoms with van der Waals surface area (Å²) in [7, 11) is 1.89. The van der Waals surface area contributed by atoms with Crippen molar-refractivity contribution < 1.29 is 4.79 Å². The second kappa shape index (κ2) is 5.17. The van der Waals surface area contributed by atoms with E-state index in [1.807, 2.05) is 29.0 Å². The van der Waals surface area contributed by atoms with Crippen molar-refractivity contribution in [3.05, 3.63) is 30.1 Å². The molecule has 3 rings (SSSR count). The maximum atomic E-state index is 12.3. The Morgan fingerprint density at radius 1 is 1.42 bits per heavy atom. The van der Waals surface area contributed by atoms with Crippen LogP contribution < -0.4 is 5.32 Å². The summed E-state index contributed by atoms with van der Waals surface area (Å²) in [4.78, 5) is 20.2. The highest BCUT2D eigenvalue weighted by Crippen LogP contribution is 2.28. The molecule has 1 N–H and O–H groups in total. The zero-order valence-electron chi connectivity index (χ0n) is 11.2. The first-order valence-electron chi connectivity index (χ1n) is 6.88. The summed E-state index contributed by atoms with van der Waals surface area (Å²) in [6.07, 6.45) is 4.75. The van der Waals surface area contributed by atoms with Crippen LogP contribution in [0.2, 0.25) is 0 Å². The Labute approximate surface area is 113 Å². The zero-order chi connectivity index (χ0) is 13.2. The number of hydrogen-bond donors (Lipinski definition) is 1. The minimum Gasteiger partial charge on any atom is -0.322 e. The first-order chi connectivity index (χ1) is 9.25. The second-order valence-electron chi connectivity index (χ2n) is 5.45. The maximum Gasteiger partial charge on any atom is 0.320 e. The van der Waals surface area contributed by atoms with E-state index in [0.717, 1.165) is 31.7 Å². The number of hydrogen-bond acceptors (Lipinski definition) is 3. The van der Waals surface area contributed by atoms with Crippen LogP contribution in [0.25, 0.3) is 0 Å². The van der Waals surface area contributed by atoms with Crippen LogP contribution >= 0.6 is 0 Å². The fourth-order valence-corrected chi connectivity index (χ4v) is 3.01. The van der Waals surface area contributed by atoms with Crippen LogP contribution in [0.5, 0.6) is 0 Å². The van der Waals surface area contributed by atoms with Crippen molar-refractivity contribution in [3.63, 3.8) is 0 Å². The number of nitrogens with one attached hydrogen (secondary N) is 1. The van der Waals surface area contributed by atoms with Crippen molar-refractivity contribution in [2.24, 2.45) is 5.92 Å². The number of carbonyl (C=O) groups is 1. The van der Waals surface area contributed by atoms with Crippen LogP contribution in [0, 0.1) is 5.92 Å². The van der Waals surface area contributed by atoms with E-state index >= 15 is 0 Å². The summed E-state index contributed by atoms with van der Waals surface area (Å²) in [6, 6.07) is 4.29. The van der Waals surface area contributed by atoms with Crippen LogP contribution in [0.3, 0.4) is 0 Å². The molecule has 2 aliphatic heterocycles. The largest absolute Gasteiger partial charge is 0.322 e. The third-order valence-corrected chi connectivity index (χ3v) is 4.16. The molecular formula is C14H20N4O. The van der Waals surface area contributed by atoms with Crippen LogP contribution in [-0.2, 0) is 0 Å². The van der Waals surface area contributed by atoms with Crippen LogP contribution in [0.4, 0.5) is 4.79 Å². The van der Waals surface area contributed by atoms with Crippen molar-refractivity contribution in [1.82, 2.24) is 20.1 Å². The maximum absolute atomic E-state index is 12.3. The summed E-state index contributed by atoms with van der Waals surface area (Å²) in [5.41, 5.74) is 1.16. The van der Waals surface area contributed by atoms with Crippen molar-refractivity contribution in [2.75, 3.05) is 33.2 Å². The molecule has 2 unspecified atom stereocenters. The third kappa shape index (κ3) is 2.42. The molecule has 0 aliphatic carbocycles.